The van der Waals surface area contributed by atoms with Gasteiger partial charge in [0.1, 0.15) is 18.3 Å². The highest BCUT2D eigenvalue weighted by Crippen LogP contribution is 2.69. The molecule has 2 unspecified atom stereocenters. The van der Waals surface area contributed by atoms with Gasteiger partial charge in [0.05, 0.1) is 36.6 Å². The molecule has 12 nitrogen and oxygen atoms in total. The maximum atomic E-state index is 12.6. The van der Waals surface area contributed by atoms with Gasteiger partial charge in [0.15, 0.2) is 6.29 Å². The third-order valence-corrected chi connectivity index (χ3v) is 13.0. The zero-order chi connectivity index (χ0) is 33.3. The van der Waals surface area contributed by atoms with E-state index in [2.05, 4.69) is 20.8 Å². The van der Waals surface area contributed by atoms with E-state index in [9.17, 15) is 43.6 Å². The molecule has 0 bridgehead atoms. The SMILES string of the molecule is CC(C)[C@H](CC[C@@H](C)[C@H]1C[C@@H](O)C2[C@]3(O)C[C@H](O)C4=C[C@@H](O[C@@H]5OC[C@@H](O)[C@H](O)[C@H]5O)CC[C@]4(C)C3CC[C@@]21C)OS(=O)(=O)O. The lowest BCUT2D eigenvalue weighted by molar-refractivity contribution is -0.280. The topological polar surface area (TPSA) is 203 Å². The van der Waals surface area contributed by atoms with Gasteiger partial charge in [-0.05, 0) is 85.0 Å². The molecule has 260 valence electrons. The second kappa shape index (κ2) is 12.6. The Bertz CT molecular complexity index is 1210. The van der Waals surface area contributed by atoms with Crippen LogP contribution in [0.3, 0.4) is 0 Å². The van der Waals surface area contributed by atoms with Crippen molar-refractivity contribution >= 4 is 10.4 Å². The summed E-state index contributed by atoms with van der Waals surface area (Å²) in [5.74, 6) is -0.635. The number of hydrogen-bond donors (Lipinski definition) is 7. The van der Waals surface area contributed by atoms with Crippen molar-refractivity contribution < 1.29 is 57.3 Å². The molecule has 7 N–H and O–H groups in total. The molecule has 5 aliphatic rings. The first-order valence-electron chi connectivity index (χ1n) is 16.6. The molecule has 1 heterocycles. The molecule has 4 aliphatic carbocycles. The number of rotatable bonds is 9. The summed E-state index contributed by atoms with van der Waals surface area (Å²) >= 11 is 0. The standard InChI is InChI=1S/C32H54O12S/c1-16(2)24(44-45(39,40)41)7-6-17(3)19-13-21(33)28-31(19,5)11-9-25-30(4)10-8-18(12-20(30)22(34)14-32(25,28)38)43-29-27(37)26(36)23(35)15-42-29/h12,16-19,21-29,33-38H,6-11,13-15H2,1-5H3,(H,39,40,41)/t17-,18+,19-,21-,22+,23-,24+,25?,26+,27-,28?,29+,30+,31-,32+/m1/s1. The van der Waals surface area contributed by atoms with Gasteiger partial charge in [-0.2, -0.15) is 8.42 Å². The van der Waals surface area contributed by atoms with Crippen molar-refractivity contribution in [2.75, 3.05) is 6.61 Å². The third-order valence-electron chi connectivity index (χ3n) is 12.5. The van der Waals surface area contributed by atoms with E-state index in [0.29, 0.717) is 38.5 Å². The minimum absolute atomic E-state index is 0.0582. The van der Waals surface area contributed by atoms with Gasteiger partial charge in [-0.1, -0.05) is 40.7 Å². The van der Waals surface area contributed by atoms with Crippen LogP contribution in [0.4, 0.5) is 0 Å². The average Bonchev–Trinajstić information content (AvgIpc) is 3.22. The second-order valence-electron chi connectivity index (χ2n) is 15.6. The van der Waals surface area contributed by atoms with Crippen molar-refractivity contribution in [1.82, 2.24) is 0 Å². The highest BCUT2D eigenvalue weighted by atomic mass is 32.3. The molecule has 13 heteroatoms. The smallest absolute Gasteiger partial charge is 0.393 e. The van der Waals surface area contributed by atoms with E-state index in [1.165, 1.54) is 0 Å². The fourth-order valence-electron chi connectivity index (χ4n) is 10.3. The van der Waals surface area contributed by atoms with E-state index in [4.69, 9.17) is 13.7 Å². The molecule has 0 amide bonds. The molecule has 0 aromatic carbocycles. The Kier molecular flexibility index (Phi) is 9.99. The van der Waals surface area contributed by atoms with Crippen LogP contribution in [0.25, 0.3) is 0 Å². The Morgan fingerprint density at radius 3 is 2.33 bits per heavy atom. The minimum atomic E-state index is -4.58. The van der Waals surface area contributed by atoms with E-state index in [1.54, 1.807) is 0 Å². The van der Waals surface area contributed by atoms with Crippen LogP contribution in [0.15, 0.2) is 11.6 Å². The van der Waals surface area contributed by atoms with Crippen LogP contribution in [0, 0.1) is 40.4 Å². The predicted molar refractivity (Wildman–Crippen MR) is 162 cm³/mol. The lowest BCUT2D eigenvalue weighted by Gasteiger charge is -2.64. The van der Waals surface area contributed by atoms with Crippen LogP contribution in [-0.2, 0) is 24.1 Å². The number of aliphatic hydroxyl groups is 6. The van der Waals surface area contributed by atoms with E-state index in [0.717, 1.165) is 12.0 Å². The van der Waals surface area contributed by atoms with Crippen LogP contribution in [0.1, 0.15) is 86.0 Å². The summed E-state index contributed by atoms with van der Waals surface area (Å²) in [4.78, 5) is 0. The second-order valence-corrected chi connectivity index (χ2v) is 16.6. The van der Waals surface area contributed by atoms with Crippen LogP contribution >= 0.6 is 0 Å². The highest BCUT2D eigenvalue weighted by molar-refractivity contribution is 7.80. The average molecular weight is 663 g/mol. The summed E-state index contributed by atoms with van der Waals surface area (Å²) in [5.41, 5.74) is -1.48. The molecule has 1 aliphatic heterocycles. The lowest BCUT2D eigenvalue weighted by Crippen LogP contribution is -2.66. The number of fused-ring (bicyclic) bond motifs is 5. The number of hydrogen-bond acceptors (Lipinski definition) is 11. The van der Waals surface area contributed by atoms with Crippen molar-refractivity contribution in [2.45, 2.75) is 141 Å². The monoisotopic (exact) mass is 662 g/mol. The molecular formula is C32H54O12S. The largest absolute Gasteiger partial charge is 0.397 e. The van der Waals surface area contributed by atoms with Crippen LogP contribution in [-0.4, -0.2) is 105 Å². The summed E-state index contributed by atoms with van der Waals surface area (Å²) in [6.07, 6.45) is -1.88. The van der Waals surface area contributed by atoms with Crippen LogP contribution in [0.2, 0.25) is 0 Å². The van der Waals surface area contributed by atoms with Crippen molar-refractivity contribution in [2.24, 2.45) is 40.4 Å². The van der Waals surface area contributed by atoms with Crippen molar-refractivity contribution in [1.29, 1.82) is 0 Å². The zero-order valence-corrected chi connectivity index (χ0v) is 27.8. The quantitative estimate of drug-likeness (QED) is 0.139. The fraction of sp³-hybridized carbons (Fsp3) is 0.938. The molecular weight excluding hydrogens is 608 g/mol. The Morgan fingerprint density at radius 2 is 1.69 bits per heavy atom. The normalized spacial score (nSPS) is 48.2. The summed E-state index contributed by atoms with van der Waals surface area (Å²) in [6, 6.07) is 0. The first-order valence-corrected chi connectivity index (χ1v) is 18.0. The Balaban J connectivity index is 1.33. The van der Waals surface area contributed by atoms with Crippen molar-refractivity contribution in [3.63, 3.8) is 0 Å². The van der Waals surface area contributed by atoms with E-state index in [-0.39, 0.29) is 36.7 Å². The molecule has 15 atom stereocenters. The molecule has 0 spiro atoms. The van der Waals surface area contributed by atoms with Gasteiger partial charge in [0.2, 0.25) is 0 Å². The number of ether oxygens (including phenoxy) is 2. The van der Waals surface area contributed by atoms with E-state index >= 15 is 0 Å². The third kappa shape index (κ3) is 6.41. The molecule has 4 fully saturated rings. The van der Waals surface area contributed by atoms with Crippen LogP contribution < -0.4 is 0 Å². The van der Waals surface area contributed by atoms with E-state index < -0.39 is 81.8 Å². The molecule has 1 saturated heterocycles. The minimum Gasteiger partial charge on any atom is -0.393 e. The van der Waals surface area contributed by atoms with Gasteiger partial charge in [0, 0.05) is 12.3 Å². The molecule has 45 heavy (non-hydrogen) atoms. The van der Waals surface area contributed by atoms with Crippen molar-refractivity contribution in [3.05, 3.63) is 11.6 Å². The Morgan fingerprint density at radius 1 is 1.00 bits per heavy atom. The van der Waals surface area contributed by atoms with Crippen LogP contribution in [0.5, 0.6) is 0 Å². The molecule has 0 aromatic heterocycles. The number of aliphatic hydroxyl groups excluding tert-OH is 5. The van der Waals surface area contributed by atoms with Gasteiger partial charge in [-0.25, -0.2) is 4.18 Å². The van der Waals surface area contributed by atoms with Gasteiger partial charge < -0.3 is 40.1 Å². The summed E-state index contributed by atoms with van der Waals surface area (Å²) in [6.45, 7) is 9.83. The van der Waals surface area contributed by atoms with E-state index in [1.807, 2.05) is 19.9 Å². The van der Waals surface area contributed by atoms with Gasteiger partial charge in [-0.15, -0.1) is 0 Å². The first-order chi connectivity index (χ1) is 20.8. The zero-order valence-electron chi connectivity index (χ0n) is 27.0. The first kappa shape index (κ1) is 35.6. The maximum Gasteiger partial charge on any atom is 0.397 e. The van der Waals surface area contributed by atoms with Crippen molar-refractivity contribution in [3.8, 4) is 0 Å². The Labute approximate surface area is 266 Å². The molecule has 0 radical (unpaired) electrons. The molecule has 3 saturated carbocycles. The molecule has 0 aromatic rings. The lowest BCUT2D eigenvalue weighted by atomic mass is 9.43. The summed E-state index contributed by atoms with van der Waals surface area (Å²) in [5, 5.41) is 66.0. The van der Waals surface area contributed by atoms with Gasteiger partial charge >= 0.3 is 10.4 Å². The predicted octanol–water partition coefficient (Wildman–Crippen LogP) is 1.71. The highest BCUT2D eigenvalue weighted by Gasteiger charge is 2.69. The van der Waals surface area contributed by atoms with Gasteiger partial charge in [0.25, 0.3) is 0 Å². The van der Waals surface area contributed by atoms with Gasteiger partial charge in [-0.3, -0.25) is 4.55 Å². The summed E-state index contributed by atoms with van der Waals surface area (Å²) < 4.78 is 48.4. The maximum absolute atomic E-state index is 12.6. The molecule has 5 rings (SSSR count). The fourth-order valence-corrected chi connectivity index (χ4v) is 11.0. The summed E-state index contributed by atoms with van der Waals surface area (Å²) in [7, 11) is -4.58. The Hall–Kier alpha value is -0.710.